The molecule has 0 aliphatic carbocycles. The van der Waals surface area contributed by atoms with Gasteiger partial charge < -0.3 is 0 Å². The summed E-state index contributed by atoms with van der Waals surface area (Å²) in [7, 11) is 0. The lowest BCUT2D eigenvalue weighted by Crippen LogP contribution is -2.41. The molecule has 0 saturated carbocycles. The first-order valence-corrected chi connectivity index (χ1v) is 9.16. The van der Waals surface area contributed by atoms with E-state index in [2.05, 4.69) is 20.8 Å². The minimum atomic E-state index is -0.503. The molecule has 0 unspecified atom stereocenters. The second-order valence-corrected chi connectivity index (χ2v) is 6.60. The Morgan fingerprint density at radius 3 is 2.21 bits per heavy atom. The smallest absolute Gasteiger partial charge is 0.267 e. The van der Waals surface area contributed by atoms with E-state index in [0.717, 1.165) is 5.56 Å². The highest BCUT2D eigenvalue weighted by Gasteiger charge is 2.16. The van der Waals surface area contributed by atoms with Gasteiger partial charge >= 0.3 is 0 Å². The fourth-order valence-electron chi connectivity index (χ4n) is 2.93. The molecular weight excluding hydrogens is 388 g/mol. The number of nitrogens with zero attached hydrogens (tertiary/aromatic N) is 2. The van der Waals surface area contributed by atoms with Crippen LogP contribution in [-0.2, 0) is 0 Å². The Balaban J connectivity index is 1.65. The van der Waals surface area contributed by atoms with Crippen LogP contribution in [0.25, 0.3) is 22.2 Å². The minimum absolute atomic E-state index is 0.270. The summed E-state index contributed by atoms with van der Waals surface area (Å²) in [4.78, 5) is 33.8. The maximum atomic E-state index is 12.9. The summed E-state index contributed by atoms with van der Waals surface area (Å²) < 4.78 is 0. The van der Waals surface area contributed by atoms with Crippen molar-refractivity contribution in [2.75, 3.05) is 0 Å². The molecule has 29 heavy (non-hydrogen) atoms. The van der Waals surface area contributed by atoms with Gasteiger partial charge in [-0.05, 0) is 36.4 Å². The Bertz CT molecular complexity index is 1210. The molecule has 0 bridgehead atoms. The second-order valence-electron chi connectivity index (χ2n) is 6.20. The van der Waals surface area contributed by atoms with E-state index in [-0.39, 0.29) is 5.56 Å². The van der Waals surface area contributed by atoms with Gasteiger partial charge in [0, 0.05) is 23.3 Å². The predicted octanol–water partition coefficient (Wildman–Crippen LogP) is 4.03. The summed E-state index contributed by atoms with van der Waals surface area (Å²) in [6.07, 6.45) is 3.32. The van der Waals surface area contributed by atoms with Gasteiger partial charge in [0.2, 0.25) is 0 Å². The van der Waals surface area contributed by atoms with Crippen molar-refractivity contribution in [3.05, 3.63) is 95.3 Å². The number of hydrogen-bond donors (Lipinski definition) is 2. The maximum Gasteiger partial charge on any atom is 0.271 e. The number of carbonyl (C=O) groups excluding carboxylic acids is 2. The van der Waals surface area contributed by atoms with Gasteiger partial charge in [0.1, 0.15) is 0 Å². The quantitative estimate of drug-likeness (QED) is 0.507. The number of benzene rings is 2. The van der Waals surface area contributed by atoms with Gasteiger partial charge in [0.25, 0.3) is 11.8 Å². The number of para-hydroxylation sites is 1. The van der Waals surface area contributed by atoms with Crippen molar-refractivity contribution in [2.45, 2.75) is 0 Å². The minimum Gasteiger partial charge on any atom is -0.267 e. The molecule has 2 amide bonds. The van der Waals surface area contributed by atoms with Gasteiger partial charge in [-0.2, -0.15) is 0 Å². The van der Waals surface area contributed by atoms with Crippen molar-refractivity contribution < 1.29 is 9.59 Å². The lowest BCUT2D eigenvalue weighted by Gasteiger charge is -2.12. The predicted molar refractivity (Wildman–Crippen MR) is 111 cm³/mol. The Kier molecular flexibility index (Phi) is 5.18. The van der Waals surface area contributed by atoms with E-state index in [4.69, 9.17) is 11.6 Å². The molecule has 0 aliphatic heterocycles. The van der Waals surface area contributed by atoms with Crippen molar-refractivity contribution in [1.82, 2.24) is 20.8 Å². The van der Waals surface area contributed by atoms with Crippen LogP contribution in [0.1, 0.15) is 20.7 Å². The molecule has 142 valence electrons. The van der Waals surface area contributed by atoms with Gasteiger partial charge in [-0.3, -0.25) is 25.4 Å². The first kappa shape index (κ1) is 18.6. The van der Waals surface area contributed by atoms with Gasteiger partial charge in [0.05, 0.1) is 27.4 Å². The number of hydrazine groups is 1. The van der Waals surface area contributed by atoms with Crippen molar-refractivity contribution in [3.8, 4) is 11.3 Å². The largest absolute Gasteiger partial charge is 0.271 e. The number of fused-ring (bicyclic) bond motifs is 1. The molecule has 0 radical (unpaired) electrons. The molecule has 0 atom stereocenters. The molecule has 4 aromatic rings. The van der Waals surface area contributed by atoms with E-state index in [0.29, 0.717) is 27.2 Å². The Morgan fingerprint density at radius 2 is 1.45 bits per heavy atom. The van der Waals surface area contributed by atoms with E-state index < -0.39 is 11.8 Å². The zero-order chi connectivity index (χ0) is 20.2. The normalized spacial score (nSPS) is 10.5. The zero-order valence-corrected chi connectivity index (χ0v) is 15.9. The lowest BCUT2D eigenvalue weighted by atomic mass is 10.0. The topological polar surface area (TPSA) is 84.0 Å². The number of amides is 2. The van der Waals surface area contributed by atoms with Crippen molar-refractivity contribution >= 4 is 34.3 Å². The molecule has 0 aliphatic rings. The molecule has 6 nitrogen and oxygen atoms in total. The fourth-order valence-corrected chi connectivity index (χ4v) is 3.15. The molecule has 2 aromatic heterocycles. The average Bonchev–Trinajstić information content (AvgIpc) is 2.77. The number of halogens is 1. The van der Waals surface area contributed by atoms with E-state index in [9.17, 15) is 9.59 Å². The number of pyridine rings is 2. The summed E-state index contributed by atoms with van der Waals surface area (Å²) in [5.41, 5.74) is 7.66. The maximum absolute atomic E-state index is 12.9. The average molecular weight is 403 g/mol. The van der Waals surface area contributed by atoms with Gasteiger partial charge in [0.15, 0.2) is 0 Å². The molecule has 4 rings (SSSR count). The van der Waals surface area contributed by atoms with Gasteiger partial charge in [-0.25, -0.2) is 4.98 Å². The summed E-state index contributed by atoms with van der Waals surface area (Å²) in [5, 5.41) is 0.975. The third kappa shape index (κ3) is 3.93. The molecule has 7 heteroatoms. The third-order valence-electron chi connectivity index (χ3n) is 4.34. The number of rotatable bonds is 3. The molecule has 2 aromatic carbocycles. The molecule has 2 N–H and O–H groups in total. The summed E-state index contributed by atoms with van der Waals surface area (Å²) in [6, 6.07) is 19.2. The summed E-state index contributed by atoms with van der Waals surface area (Å²) in [5.74, 6) is -0.962. The van der Waals surface area contributed by atoms with Crippen LogP contribution in [-0.4, -0.2) is 21.8 Å². The van der Waals surface area contributed by atoms with E-state index in [1.54, 1.807) is 42.7 Å². The Hall–Kier alpha value is -3.77. The standard InChI is InChI=1S/C22H15ClN4O2/c23-18-7-3-1-6-16(18)21(28)26-27-22(29)17-13-20(14-9-11-24-12-10-14)25-19-8-4-2-5-15(17)19/h1-13H,(H,26,28)(H,27,29). The van der Waals surface area contributed by atoms with Crippen molar-refractivity contribution in [2.24, 2.45) is 0 Å². The van der Waals surface area contributed by atoms with Gasteiger partial charge in [-0.1, -0.05) is 41.9 Å². The van der Waals surface area contributed by atoms with Crippen LogP contribution in [0.5, 0.6) is 0 Å². The monoisotopic (exact) mass is 402 g/mol. The molecule has 2 heterocycles. The Labute approximate surface area is 171 Å². The van der Waals surface area contributed by atoms with Crippen LogP contribution >= 0.6 is 11.6 Å². The van der Waals surface area contributed by atoms with Gasteiger partial charge in [-0.15, -0.1) is 0 Å². The SMILES string of the molecule is O=C(NNC(=O)c1cc(-c2ccncc2)nc2ccccc12)c1ccccc1Cl. The number of nitrogens with one attached hydrogen (secondary N) is 2. The third-order valence-corrected chi connectivity index (χ3v) is 4.67. The number of carbonyl (C=O) groups is 2. The number of aromatic nitrogens is 2. The molecule has 0 fully saturated rings. The van der Waals surface area contributed by atoms with Crippen LogP contribution in [0.15, 0.2) is 79.1 Å². The first-order valence-electron chi connectivity index (χ1n) is 8.79. The van der Waals surface area contributed by atoms with Crippen LogP contribution < -0.4 is 10.9 Å². The van der Waals surface area contributed by atoms with Crippen LogP contribution in [0, 0.1) is 0 Å². The molecule has 0 saturated heterocycles. The lowest BCUT2D eigenvalue weighted by molar-refractivity contribution is 0.0847. The molecular formula is C22H15ClN4O2. The van der Waals surface area contributed by atoms with E-state index in [1.165, 1.54) is 0 Å². The number of hydrogen-bond acceptors (Lipinski definition) is 4. The first-order chi connectivity index (χ1) is 14.1. The zero-order valence-electron chi connectivity index (χ0n) is 15.1. The second kappa shape index (κ2) is 8.08. The summed E-state index contributed by atoms with van der Waals surface area (Å²) >= 11 is 6.03. The van der Waals surface area contributed by atoms with Crippen LogP contribution in [0.4, 0.5) is 0 Å². The molecule has 0 spiro atoms. The highest BCUT2D eigenvalue weighted by Crippen LogP contribution is 2.24. The van der Waals surface area contributed by atoms with E-state index >= 15 is 0 Å². The van der Waals surface area contributed by atoms with Crippen molar-refractivity contribution in [3.63, 3.8) is 0 Å². The highest BCUT2D eigenvalue weighted by atomic mass is 35.5. The van der Waals surface area contributed by atoms with Crippen LogP contribution in [0.3, 0.4) is 0 Å². The van der Waals surface area contributed by atoms with Crippen LogP contribution in [0.2, 0.25) is 5.02 Å². The summed E-state index contributed by atoms with van der Waals surface area (Å²) in [6.45, 7) is 0. The van der Waals surface area contributed by atoms with E-state index in [1.807, 2.05) is 36.4 Å². The fraction of sp³-hybridized carbons (Fsp3) is 0. The van der Waals surface area contributed by atoms with Crippen molar-refractivity contribution in [1.29, 1.82) is 0 Å². The Morgan fingerprint density at radius 1 is 0.793 bits per heavy atom. The highest BCUT2D eigenvalue weighted by molar-refractivity contribution is 6.33.